The number of ether oxygens (including phenoxy) is 3. The fourth-order valence-corrected chi connectivity index (χ4v) is 7.57. The third-order valence-corrected chi connectivity index (χ3v) is 10.3. The van der Waals surface area contributed by atoms with Crippen LogP contribution >= 0.6 is 0 Å². The van der Waals surface area contributed by atoms with Gasteiger partial charge in [-0.3, -0.25) is 9.59 Å². The summed E-state index contributed by atoms with van der Waals surface area (Å²) in [5.74, 6) is 2.44. The summed E-state index contributed by atoms with van der Waals surface area (Å²) in [6.07, 6.45) is 1.38. The maximum absolute atomic E-state index is 12.8. The molecule has 4 saturated carbocycles. The molecule has 1 saturated heterocycles. The van der Waals surface area contributed by atoms with Gasteiger partial charge in [0.05, 0.1) is 39.6 Å². The maximum atomic E-state index is 12.8. The van der Waals surface area contributed by atoms with E-state index in [9.17, 15) is 9.59 Å². The van der Waals surface area contributed by atoms with Crippen LogP contribution in [0.5, 0.6) is 0 Å². The zero-order valence-corrected chi connectivity index (χ0v) is 23.7. The molecular formula is C30H46N2O5. The van der Waals surface area contributed by atoms with E-state index >= 15 is 0 Å². The molecule has 7 nitrogen and oxygen atoms in total. The minimum absolute atomic E-state index is 0.238. The topological polar surface area (TPSA) is 68.3 Å². The zero-order chi connectivity index (χ0) is 26.5. The number of ketones is 2. The van der Waals surface area contributed by atoms with Crippen molar-refractivity contribution in [2.45, 2.75) is 54.4 Å². The number of carbonyl (C=O) groups is 2. The lowest BCUT2D eigenvalue weighted by Gasteiger charge is -2.29. The van der Waals surface area contributed by atoms with Crippen LogP contribution < -0.4 is 0 Å². The molecule has 1 aliphatic heterocycles. The summed E-state index contributed by atoms with van der Waals surface area (Å²) in [7, 11) is 0. The van der Waals surface area contributed by atoms with Crippen LogP contribution in [0.1, 0.15) is 54.4 Å². The first-order chi connectivity index (χ1) is 17.6. The number of Topliss-reactive ketones (excluding diaryl/α,β-unsaturated/α-hetero) is 2. The van der Waals surface area contributed by atoms with E-state index in [4.69, 9.17) is 14.2 Å². The van der Waals surface area contributed by atoms with Gasteiger partial charge in [0.2, 0.25) is 0 Å². The zero-order valence-electron chi connectivity index (χ0n) is 23.7. The normalized spacial score (nSPS) is 36.9. The first kappa shape index (κ1) is 26.9. The predicted molar refractivity (Wildman–Crippen MR) is 142 cm³/mol. The van der Waals surface area contributed by atoms with Gasteiger partial charge < -0.3 is 24.0 Å². The molecule has 0 bridgehead atoms. The molecule has 4 atom stereocenters. The molecule has 0 aromatic heterocycles. The van der Waals surface area contributed by atoms with Gasteiger partial charge in [-0.05, 0) is 48.3 Å². The number of rotatable bonds is 2. The van der Waals surface area contributed by atoms with Crippen molar-refractivity contribution >= 4 is 11.6 Å². The van der Waals surface area contributed by atoms with Gasteiger partial charge in [0.15, 0.2) is 11.6 Å². The van der Waals surface area contributed by atoms with E-state index in [0.29, 0.717) is 87.7 Å². The molecule has 5 rings (SSSR count). The van der Waals surface area contributed by atoms with E-state index in [1.54, 1.807) is 0 Å². The second-order valence-electron chi connectivity index (χ2n) is 12.9. The molecule has 37 heavy (non-hydrogen) atoms. The van der Waals surface area contributed by atoms with Crippen molar-refractivity contribution in [1.29, 1.82) is 0 Å². The van der Waals surface area contributed by atoms with Crippen molar-refractivity contribution in [2.75, 3.05) is 65.8 Å². The smallest absolute Gasteiger partial charge is 0.161 e. The van der Waals surface area contributed by atoms with Crippen molar-refractivity contribution in [2.24, 2.45) is 34.5 Å². The fourth-order valence-electron chi connectivity index (χ4n) is 7.57. The molecule has 0 spiro atoms. The molecule has 5 aliphatic rings. The third-order valence-electron chi connectivity index (χ3n) is 10.3. The van der Waals surface area contributed by atoms with Crippen LogP contribution in [0.2, 0.25) is 0 Å². The minimum Gasteiger partial charge on any atom is -0.378 e. The van der Waals surface area contributed by atoms with Crippen molar-refractivity contribution in [3.63, 3.8) is 0 Å². The van der Waals surface area contributed by atoms with Crippen LogP contribution in [0.25, 0.3) is 0 Å². The highest BCUT2D eigenvalue weighted by Crippen LogP contribution is 2.69. The summed E-state index contributed by atoms with van der Waals surface area (Å²) in [4.78, 5) is 30.1. The fraction of sp³-hybridized carbons (Fsp3) is 0.800. The molecule has 0 radical (unpaired) electrons. The average Bonchev–Trinajstić information content (AvgIpc) is 3.34. The number of hydrogen-bond donors (Lipinski definition) is 0. The van der Waals surface area contributed by atoms with Crippen LogP contribution in [0.4, 0.5) is 0 Å². The SMILES string of the molecule is C/C(=C1\C(=O)C[C@@H]2[C@H]1C2(C)C)N1CCOCCOCCN(/C(C)=C2/C(=O)C[C@@H]3[C@H]2C3(C)C)CCOCC1. The Morgan fingerprint density at radius 1 is 0.622 bits per heavy atom. The molecule has 4 aliphatic carbocycles. The highest BCUT2D eigenvalue weighted by molar-refractivity contribution is 6.01. The lowest BCUT2D eigenvalue weighted by Crippen LogP contribution is -2.33. The molecule has 0 unspecified atom stereocenters. The van der Waals surface area contributed by atoms with Crippen molar-refractivity contribution in [3.05, 3.63) is 22.5 Å². The second-order valence-corrected chi connectivity index (χ2v) is 12.9. The van der Waals surface area contributed by atoms with Gasteiger partial charge in [-0.15, -0.1) is 0 Å². The molecule has 206 valence electrons. The lowest BCUT2D eigenvalue weighted by atomic mass is 9.95. The second kappa shape index (κ2) is 10.1. The van der Waals surface area contributed by atoms with Crippen molar-refractivity contribution in [1.82, 2.24) is 9.80 Å². The first-order valence-electron chi connectivity index (χ1n) is 14.3. The van der Waals surface area contributed by atoms with E-state index < -0.39 is 0 Å². The molecule has 0 N–H and O–H groups in total. The molecule has 0 amide bonds. The van der Waals surface area contributed by atoms with E-state index in [-0.39, 0.29) is 10.8 Å². The number of hydrogen-bond acceptors (Lipinski definition) is 7. The van der Waals surface area contributed by atoms with Crippen LogP contribution in [-0.2, 0) is 23.8 Å². The van der Waals surface area contributed by atoms with Gasteiger partial charge in [0.25, 0.3) is 0 Å². The highest BCUT2D eigenvalue weighted by atomic mass is 16.5. The van der Waals surface area contributed by atoms with Crippen LogP contribution in [-0.4, -0.2) is 87.2 Å². The quantitative estimate of drug-likeness (QED) is 0.521. The van der Waals surface area contributed by atoms with Gasteiger partial charge in [-0.1, -0.05) is 27.7 Å². The minimum atomic E-state index is 0.238. The summed E-state index contributed by atoms with van der Waals surface area (Å²) in [5.41, 5.74) is 4.74. The van der Waals surface area contributed by atoms with E-state index in [0.717, 1.165) is 48.7 Å². The largest absolute Gasteiger partial charge is 0.378 e. The Morgan fingerprint density at radius 2 is 0.946 bits per heavy atom. The third kappa shape index (κ3) is 4.92. The predicted octanol–water partition coefficient (Wildman–Crippen LogP) is 3.69. The molecule has 7 heteroatoms. The molecule has 5 fully saturated rings. The van der Waals surface area contributed by atoms with Crippen molar-refractivity contribution < 1.29 is 23.8 Å². The summed E-state index contributed by atoms with van der Waals surface area (Å²) in [6, 6.07) is 0. The van der Waals surface area contributed by atoms with Gasteiger partial charge >= 0.3 is 0 Å². The first-order valence-corrected chi connectivity index (χ1v) is 14.3. The molecular weight excluding hydrogens is 468 g/mol. The van der Waals surface area contributed by atoms with E-state index in [1.165, 1.54) is 0 Å². The number of nitrogens with zero attached hydrogens (tertiary/aromatic N) is 2. The summed E-state index contributed by atoms with van der Waals surface area (Å²) in [6.45, 7) is 19.7. The Balaban J connectivity index is 1.25. The van der Waals surface area contributed by atoms with Crippen LogP contribution in [0.3, 0.4) is 0 Å². The van der Waals surface area contributed by atoms with Crippen LogP contribution in [0.15, 0.2) is 22.5 Å². The van der Waals surface area contributed by atoms with Crippen LogP contribution in [0, 0.1) is 34.5 Å². The van der Waals surface area contributed by atoms with Gasteiger partial charge in [-0.25, -0.2) is 0 Å². The van der Waals surface area contributed by atoms with Gasteiger partial charge in [-0.2, -0.15) is 0 Å². The number of carbonyl (C=O) groups excluding carboxylic acids is 2. The monoisotopic (exact) mass is 514 g/mol. The average molecular weight is 515 g/mol. The van der Waals surface area contributed by atoms with E-state index in [2.05, 4.69) is 51.3 Å². The summed E-state index contributed by atoms with van der Waals surface area (Å²) >= 11 is 0. The molecule has 1 heterocycles. The van der Waals surface area contributed by atoms with Crippen molar-refractivity contribution in [3.8, 4) is 0 Å². The number of fused-ring (bicyclic) bond motifs is 2. The Bertz CT molecular complexity index is 918. The standard InChI is InChI=1S/C30H46N2O5/c1-19(25-23(33)17-21-27(25)29(21,3)4)31-7-11-35-12-8-32(10-14-37-16-15-36-13-9-31)20(2)26-24(34)18-22-28(26)30(22,5)6/h21-22,27-28H,7-18H2,1-6H3/b25-19-,26-20-/t21-,22-,27-,28-/m1/s1. The van der Waals surface area contributed by atoms with Gasteiger partial charge in [0, 0.05) is 61.6 Å². The highest BCUT2D eigenvalue weighted by Gasteiger charge is 2.66. The Kier molecular flexibility index (Phi) is 7.36. The lowest BCUT2D eigenvalue weighted by molar-refractivity contribution is -0.116. The summed E-state index contributed by atoms with van der Waals surface area (Å²) < 4.78 is 17.9. The summed E-state index contributed by atoms with van der Waals surface area (Å²) in [5, 5.41) is 0. The Hall–Kier alpha value is -1.70. The Labute approximate surface area is 222 Å². The van der Waals surface area contributed by atoms with E-state index in [1.807, 2.05) is 0 Å². The van der Waals surface area contributed by atoms with Gasteiger partial charge in [0.1, 0.15) is 0 Å². The molecule has 0 aromatic carbocycles. The molecule has 0 aromatic rings. The number of allylic oxidation sites excluding steroid dienone is 4. The Morgan fingerprint density at radius 3 is 1.27 bits per heavy atom. The maximum Gasteiger partial charge on any atom is 0.161 e.